The van der Waals surface area contributed by atoms with Crippen LogP contribution < -0.4 is 16.4 Å². The topological polar surface area (TPSA) is 87.5 Å². The number of amides is 2. The summed E-state index contributed by atoms with van der Waals surface area (Å²) < 4.78 is 0. The van der Waals surface area contributed by atoms with Gasteiger partial charge in [0.15, 0.2) is 0 Å². The molecule has 0 radical (unpaired) electrons. The maximum atomic E-state index is 12.1. The van der Waals surface area contributed by atoms with Crippen LogP contribution in [0.1, 0.15) is 13.8 Å². The highest BCUT2D eigenvalue weighted by atomic mass is 16.2. The maximum absolute atomic E-state index is 12.1. The van der Waals surface area contributed by atoms with Crippen LogP contribution >= 0.6 is 0 Å². The first-order chi connectivity index (χ1) is 9.45. The molecule has 0 fully saturated rings. The molecule has 0 aliphatic carbocycles. The van der Waals surface area contributed by atoms with Crippen LogP contribution in [-0.4, -0.2) is 42.9 Å². The molecular weight excluding hydrogens is 256 g/mol. The second-order valence-corrected chi connectivity index (χ2v) is 4.62. The number of benzene rings is 1. The lowest BCUT2D eigenvalue weighted by atomic mass is 10.2. The fourth-order valence-electron chi connectivity index (χ4n) is 1.66. The van der Waals surface area contributed by atoms with Crippen LogP contribution in [0.2, 0.25) is 0 Å². The average Bonchev–Trinajstić information content (AvgIpc) is 2.40. The largest absolute Gasteiger partial charge is 0.397 e. The lowest BCUT2D eigenvalue weighted by molar-refractivity contribution is -0.124. The Morgan fingerprint density at radius 2 is 2.00 bits per heavy atom. The standard InChI is InChI=1S/C14H22N4O2/c1-4-16-13(19)9-18(3)10(2)14(20)17-12-8-6-5-7-11(12)15/h5-8,10H,4,9,15H2,1-3H3,(H,16,19)(H,17,20). The van der Waals surface area contributed by atoms with Gasteiger partial charge in [-0.15, -0.1) is 0 Å². The van der Waals surface area contributed by atoms with Crippen LogP contribution in [0.3, 0.4) is 0 Å². The average molecular weight is 278 g/mol. The third-order valence-electron chi connectivity index (χ3n) is 3.03. The molecule has 20 heavy (non-hydrogen) atoms. The van der Waals surface area contributed by atoms with Crippen molar-refractivity contribution in [3.8, 4) is 0 Å². The van der Waals surface area contributed by atoms with Gasteiger partial charge in [-0.25, -0.2) is 0 Å². The van der Waals surface area contributed by atoms with E-state index in [1.807, 2.05) is 6.92 Å². The summed E-state index contributed by atoms with van der Waals surface area (Å²) in [4.78, 5) is 25.3. The summed E-state index contributed by atoms with van der Waals surface area (Å²) >= 11 is 0. The zero-order chi connectivity index (χ0) is 15.1. The number of hydrogen-bond acceptors (Lipinski definition) is 4. The molecule has 2 amide bonds. The molecule has 0 heterocycles. The number of carbonyl (C=O) groups excluding carboxylic acids is 2. The van der Waals surface area contributed by atoms with E-state index in [1.54, 1.807) is 43.1 Å². The van der Waals surface area contributed by atoms with Crippen molar-refractivity contribution < 1.29 is 9.59 Å². The van der Waals surface area contributed by atoms with Gasteiger partial charge in [-0.05, 0) is 33.0 Å². The van der Waals surface area contributed by atoms with Crippen molar-refractivity contribution in [3.63, 3.8) is 0 Å². The van der Waals surface area contributed by atoms with Gasteiger partial charge >= 0.3 is 0 Å². The Bertz CT molecular complexity index is 476. The van der Waals surface area contributed by atoms with E-state index >= 15 is 0 Å². The fraction of sp³-hybridized carbons (Fsp3) is 0.429. The second-order valence-electron chi connectivity index (χ2n) is 4.62. The molecule has 4 N–H and O–H groups in total. The Morgan fingerprint density at radius 1 is 1.35 bits per heavy atom. The third-order valence-corrected chi connectivity index (χ3v) is 3.03. The van der Waals surface area contributed by atoms with E-state index in [2.05, 4.69) is 10.6 Å². The Labute approximate surface area is 119 Å². The van der Waals surface area contributed by atoms with E-state index in [1.165, 1.54) is 0 Å². The number of anilines is 2. The molecule has 6 nitrogen and oxygen atoms in total. The Hall–Kier alpha value is -2.08. The van der Waals surface area contributed by atoms with Gasteiger partial charge in [0.2, 0.25) is 11.8 Å². The molecule has 1 atom stereocenters. The molecule has 1 unspecified atom stereocenters. The summed E-state index contributed by atoms with van der Waals surface area (Å²) in [6.45, 7) is 4.35. The number of likely N-dealkylation sites (N-methyl/N-ethyl adjacent to an activating group) is 2. The van der Waals surface area contributed by atoms with Gasteiger partial charge in [-0.3, -0.25) is 14.5 Å². The summed E-state index contributed by atoms with van der Waals surface area (Å²) in [5.41, 5.74) is 6.87. The molecule has 0 spiro atoms. The number of nitrogens with two attached hydrogens (primary N) is 1. The molecule has 0 aliphatic heterocycles. The molecule has 1 rings (SSSR count). The molecule has 0 saturated carbocycles. The molecule has 110 valence electrons. The van der Waals surface area contributed by atoms with E-state index < -0.39 is 6.04 Å². The van der Waals surface area contributed by atoms with Gasteiger partial charge in [0.25, 0.3) is 0 Å². The molecule has 0 aliphatic rings. The summed E-state index contributed by atoms with van der Waals surface area (Å²) in [6, 6.07) is 6.63. The summed E-state index contributed by atoms with van der Waals surface area (Å²) in [5, 5.41) is 5.46. The highest BCUT2D eigenvalue weighted by Crippen LogP contribution is 2.17. The first-order valence-corrected chi connectivity index (χ1v) is 6.58. The van der Waals surface area contributed by atoms with Crippen LogP contribution in [0.25, 0.3) is 0 Å². The third kappa shape index (κ3) is 4.55. The van der Waals surface area contributed by atoms with E-state index in [4.69, 9.17) is 5.73 Å². The van der Waals surface area contributed by atoms with Crippen LogP contribution in [0.5, 0.6) is 0 Å². The molecule has 1 aromatic rings. The minimum atomic E-state index is -0.433. The molecule has 0 aromatic heterocycles. The number of nitrogen functional groups attached to an aromatic ring is 1. The Balaban J connectivity index is 2.58. The van der Waals surface area contributed by atoms with Crippen molar-refractivity contribution >= 4 is 23.2 Å². The first kappa shape index (κ1) is 16.0. The molecule has 6 heteroatoms. The maximum Gasteiger partial charge on any atom is 0.241 e. The van der Waals surface area contributed by atoms with Crippen molar-refractivity contribution in [1.82, 2.24) is 10.2 Å². The SMILES string of the molecule is CCNC(=O)CN(C)C(C)C(=O)Nc1ccccc1N. The van der Waals surface area contributed by atoms with Crippen molar-refractivity contribution in [3.05, 3.63) is 24.3 Å². The van der Waals surface area contributed by atoms with Gasteiger partial charge in [-0.2, -0.15) is 0 Å². The number of carbonyl (C=O) groups is 2. The smallest absolute Gasteiger partial charge is 0.241 e. The molecule has 1 aromatic carbocycles. The van der Waals surface area contributed by atoms with Crippen LogP contribution in [0.4, 0.5) is 11.4 Å². The molecule has 0 bridgehead atoms. The predicted octanol–water partition coefficient (Wildman–Crippen LogP) is 0.664. The van der Waals surface area contributed by atoms with E-state index in [-0.39, 0.29) is 18.4 Å². The van der Waals surface area contributed by atoms with E-state index in [0.717, 1.165) is 0 Å². The van der Waals surface area contributed by atoms with Gasteiger partial charge in [0, 0.05) is 6.54 Å². The number of hydrogen-bond donors (Lipinski definition) is 3. The van der Waals surface area contributed by atoms with Gasteiger partial charge < -0.3 is 16.4 Å². The highest BCUT2D eigenvalue weighted by molar-refractivity contribution is 5.97. The minimum absolute atomic E-state index is 0.103. The summed E-state index contributed by atoms with van der Waals surface area (Å²) in [7, 11) is 1.73. The second kappa shape index (κ2) is 7.49. The number of nitrogens with zero attached hydrogens (tertiary/aromatic N) is 1. The van der Waals surface area contributed by atoms with Crippen LogP contribution in [0.15, 0.2) is 24.3 Å². The quantitative estimate of drug-likeness (QED) is 0.667. The molecular formula is C14H22N4O2. The van der Waals surface area contributed by atoms with Gasteiger partial charge in [0.1, 0.15) is 0 Å². The number of para-hydroxylation sites is 2. The van der Waals surface area contributed by atoms with Gasteiger partial charge in [-0.1, -0.05) is 12.1 Å². The van der Waals surface area contributed by atoms with E-state index in [9.17, 15) is 9.59 Å². The fourth-order valence-corrected chi connectivity index (χ4v) is 1.66. The van der Waals surface area contributed by atoms with Crippen molar-refractivity contribution in [2.75, 3.05) is 31.2 Å². The summed E-state index contributed by atoms with van der Waals surface area (Å²) in [6.07, 6.45) is 0. The van der Waals surface area contributed by atoms with Crippen molar-refractivity contribution in [1.29, 1.82) is 0 Å². The minimum Gasteiger partial charge on any atom is -0.397 e. The van der Waals surface area contributed by atoms with Crippen LogP contribution in [0, 0.1) is 0 Å². The number of nitrogens with one attached hydrogen (secondary N) is 2. The predicted molar refractivity (Wildman–Crippen MR) is 80.3 cm³/mol. The normalized spacial score (nSPS) is 12.0. The van der Waals surface area contributed by atoms with Crippen molar-refractivity contribution in [2.24, 2.45) is 0 Å². The van der Waals surface area contributed by atoms with Gasteiger partial charge in [0.05, 0.1) is 24.0 Å². The van der Waals surface area contributed by atoms with Crippen LogP contribution in [-0.2, 0) is 9.59 Å². The lowest BCUT2D eigenvalue weighted by Crippen LogP contribution is -2.44. The highest BCUT2D eigenvalue weighted by Gasteiger charge is 2.20. The zero-order valence-corrected chi connectivity index (χ0v) is 12.1. The zero-order valence-electron chi connectivity index (χ0n) is 12.1. The van der Waals surface area contributed by atoms with Crippen molar-refractivity contribution in [2.45, 2.75) is 19.9 Å². The monoisotopic (exact) mass is 278 g/mol. The molecule has 0 saturated heterocycles. The first-order valence-electron chi connectivity index (χ1n) is 6.58. The lowest BCUT2D eigenvalue weighted by Gasteiger charge is -2.23. The number of rotatable bonds is 6. The van der Waals surface area contributed by atoms with E-state index in [0.29, 0.717) is 17.9 Å². The Kier molecular flexibility index (Phi) is 5.99. The summed E-state index contributed by atoms with van der Waals surface area (Å²) in [5.74, 6) is -0.302. The Morgan fingerprint density at radius 3 is 2.60 bits per heavy atom.